The molecule has 318 valence electrons. The zero-order valence-electron chi connectivity index (χ0n) is 33.8. The summed E-state index contributed by atoms with van der Waals surface area (Å²) in [5.74, 6) is -1.09. The number of rotatable bonds is 32. The maximum atomic E-state index is 14.1. The largest absolute Gasteiger partial charge is 0.494 e. The van der Waals surface area contributed by atoms with Crippen LogP contribution in [0.15, 0.2) is 34.7 Å². The Morgan fingerprint density at radius 1 is 0.839 bits per heavy atom. The first kappa shape index (κ1) is 49.1. The number of nitrogens with one attached hydrogen (secondary N) is 2. The molecule has 3 amide bonds. The van der Waals surface area contributed by atoms with Gasteiger partial charge in [0, 0.05) is 5.56 Å². The molecule has 18 heteroatoms. The highest BCUT2D eigenvalue weighted by Crippen LogP contribution is 2.49. The van der Waals surface area contributed by atoms with E-state index in [0.29, 0.717) is 73.9 Å². The van der Waals surface area contributed by atoms with Crippen LogP contribution < -0.4 is 20.7 Å². The first-order valence-corrected chi connectivity index (χ1v) is 22.8. The second-order valence-electron chi connectivity index (χ2n) is 13.0. The molecule has 0 saturated carbocycles. The van der Waals surface area contributed by atoms with Gasteiger partial charge < -0.3 is 33.7 Å². The van der Waals surface area contributed by atoms with Crippen LogP contribution >= 0.6 is 15.4 Å². The molecule has 0 radical (unpaired) electrons. The third-order valence-electron chi connectivity index (χ3n) is 8.60. The molecule has 1 heterocycles. The summed E-state index contributed by atoms with van der Waals surface area (Å²) in [6, 6.07) is 7.32. The van der Waals surface area contributed by atoms with Gasteiger partial charge in [-0.1, -0.05) is 73.1 Å². The molecule has 0 saturated heterocycles. The number of phosphoric acid groups is 1. The molecule has 0 aliphatic rings. The third-order valence-corrected chi connectivity index (χ3v) is 11.5. The summed E-state index contributed by atoms with van der Waals surface area (Å²) < 4.78 is 59.3. The van der Waals surface area contributed by atoms with Crippen molar-refractivity contribution in [1.82, 2.24) is 15.7 Å². The number of amides is 3. The molecule has 1 unspecified atom stereocenters. The molecule has 1 aromatic carbocycles. The minimum absolute atomic E-state index is 0.0219. The predicted molar refractivity (Wildman–Crippen MR) is 212 cm³/mol. The second kappa shape index (κ2) is 26.8. The number of unbranched alkanes of at least 4 members (excludes halogenated alkanes) is 5. The van der Waals surface area contributed by atoms with Crippen LogP contribution in [0.5, 0.6) is 5.75 Å². The fraction of sp³-hybridized carbons (Fsp3) is 0.658. The van der Waals surface area contributed by atoms with Gasteiger partial charge in [0.1, 0.15) is 11.5 Å². The predicted octanol–water partition coefficient (Wildman–Crippen LogP) is 7.86. The van der Waals surface area contributed by atoms with Crippen molar-refractivity contribution in [2.45, 2.75) is 118 Å². The van der Waals surface area contributed by atoms with E-state index in [1.54, 1.807) is 31.2 Å². The minimum atomic E-state index is -4.40. The maximum absolute atomic E-state index is 14.1. The summed E-state index contributed by atoms with van der Waals surface area (Å²) in [4.78, 5) is 54.0. The molecular formula is C38H63N3O13P2. The van der Waals surface area contributed by atoms with Gasteiger partial charge in [0.05, 0.1) is 50.4 Å². The summed E-state index contributed by atoms with van der Waals surface area (Å²) in [5.41, 5.74) is 0.496. The van der Waals surface area contributed by atoms with Crippen LogP contribution in [0.2, 0.25) is 0 Å². The highest BCUT2D eigenvalue weighted by molar-refractivity contribution is 7.62. The Hall–Kier alpha value is -3.07. The quantitative estimate of drug-likeness (QED) is 0.0212. The lowest BCUT2D eigenvalue weighted by Gasteiger charge is -2.32. The SMILES string of the molecule is CCCCC[C@@H](C(=O)NCNC(=O)c1ccc(-c2cc(OCC)cc(P(=O)(OCCCC)OCCCC)c2)o1)[C@@H](CC)N(C=O)OCOP(=O)(O)OCCCC. The number of benzene rings is 1. The van der Waals surface area contributed by atoms with Gasteiger partial charge in [-0.25, -0.2) is 14.5 Å². The van der Waals surface area contributed by atoms with Crippen LogP contribution in [-0.2, 0) is 41.7 Å². The van der Waals surface area contributed by atoms with Crippen molar-refractivity contribution in [3.05, 3.63) is 36.1 Å². The number of ether oxygens (including phenoxy) is 1. The van der Waals surface area contributed by atoms with E-state index in [1.807, 2.05) is 34.6 Å². The van der Waals surface area contributed by atoms with Crippen LogP contribution in [-0.4, -0.2) is 74.1 Å². The smallest absolute Gasteiger partial charge is 0.474 e. The minimum Gasteiger partial charge on any atom is -0.494 e. The van der Waals surface area contributed by atoms with Gasteiger partial charge in [0.2, 0.25) is 12.3 Å². The van der Waals surface area contributed by atoms with Crippen LogP contribution in [0.3, 0.4) is 0 Å². The second-order valence-corrected chi connectivity index (χ2v) is 16.5. The number of furan rings is 1. The summed E-state index contributed by atoms with van der Waals surface area (Å²) >= 11 is 0. The fourth-order valence-corrected chi connectivity index (χ4v) is 7.80. The summed E-state index contributed by atoms with van der Waals surface area (Å²) in [5, 5.41) is 6.57. The monoisotopic (exact) mass is 831 g/mol. The Morgan fingerprint density at radius 3 is 2.07 bits per heavy atom. The molecule has 2 rings (SSSR count). The first-order valence-electron chi connectivity index (χ1n) is 19.7. The molecule has 3 atom stereocenters. The maximum Gasteiger partial charge on any atom is 0.474 e. The molecule has 3 N–H and O–H groups in total. The van der Waals surface area contributed by atoms with E-state index in [-0.39, 0.29) is 32.2 Å². The summed E-state index contributed by atoms with van der Waals surface area (Å²) in [7, 11) is -8.13. The van der Waals surface area contributed by atoms with Crippen molar-refractivity contribution >= 4 is 38.9 Å². The van der Waals surface area contributed by atoms with Crippen LogP contribution in [0, 0.1) is 5.92 Å². The number of hydrogen-bond acceptors (Lipinski definition) is 12. The summed E-state index contributed by atoms with van der Waals surface area (Å²) in [6.45, 7) is 11.4. The first-order chi connectivity index (χ1) is 26.9. The molecule has 2 aromatic rings. The molecule has 0 spiro atoms. The van der Waals surface area contributed by atoms with Gasteiger partial charge in [0.25, 0.3) is 5.91 Å². The van der Waals surface area contributed by atoms with Crippen molar-refractivity contribution in [2.24, 2.45) is 5.92 Å². The Labute approximate surface area is 331 Å². The normalized spacial score (nSPS) is 13.8. The lowest BCUT2D eigenvalue weighted by Crippen LogP contribution is -2.48. The molecule has 0 aliphatic carbocycles. The van der Waals surface area contributed by atoms with E-state index in [9.17, 15) is 28.4 Å². The number of nitrogens with zero attached hydrogens (tertiary/aromatic N) is 1. The van der Waals surface area contributed by atoms with E-state index in [2.05, 4.69) is 10.6 Å². The third kappa shape index (κ3) is 16.8. The standard InChI is InChI=1S/C38H63N3O13P2/c1-7-13-17-18-33(34(11-5)41(28-42)49-29-53-56(46,47)52-23-16-10-4)37(43)39-27-40-38(44)36-20-19-35(54-36)30-24-31(48-12-6)26-32(25-30)55(45,50-21-14-8-2)51-22-15-9-3/h19-20,24-26,28,33-34H,7-18,21-23,27,29H2,1-6H3,(H,39,43)(H,40,44)(H,46,47)/t33-,34-/m1/s1. The molecule has 1 aromatic heterocycles. The lowest BCUT2D eigenvalue weighted by atomic mass is 9.90. The van der Waals surface area contributed by atoms with Gasteiger partial charge in [-0.3, -0.25) is 28.0 Å². The average molecular weight is 832 g/mol. The van der Waals surface area contributed by atoms with E-state index in [1.165, 1.54) is 6.07 Å². The number of hydrogen-bond donors (Lipinski definition) is 3. The molecule has 0 aliphatic heterocycles. The highest BCUT2D eigenvalue weighted by atomic mass is 31.2. The number of carbonyl (C=O) groups is 3. The average Bonchev–Trinajstić information content (AvgIpc) is 3.68. The highest BCUT2D eigenvalue weighted by Gasteiger charge is 2.33. The summed E-state index contributed by atoms with van der Waals surface area (Å²) in [6.07, 6.45) is 7.98. The van der Waals surface area contributed by atoms with Gasteiger partial charge in [0.15, 0.2) is 12.6 Å². The van der Waals surface area contributed by atoms with Gasteiger partial charge in [-0.2, -0.15) is 0 Å². The zero-order chi connectivity index (χ0) is 41.4. The molecule has 56 heavy (non-hydrogen) atoms. The van der Waals surface area contributed by atoms with Gasteiger partial charge in [-0.15, -0.1) is 0 Å². The molecule has 0 bridgehead atoms. The van der Waals surface area contributed by atoms with Crippen molar-refractivity contribution in [3.63, 3.8) is 0 Å². The van der Waals surface area contributed by atoms with Crippen LogP contribution in [0.1, 0.15) is 123 Å². The molecule has 0 fully saturated rings. The van der Waals surface area contributed by atoms with Crippen molar-refractivity contribution < 1.29 is 60.5 Å². The van der Waals surface area contributed by atoms with Crippen LogP contribution in [0.4, 0.5) is 0 Å². The van der Waals surface area contributed by atoms with Crippen molar-refractivity contribution in [3.8, 4) is 17.1 Å². The van der Waals surface area contributed by atoms with Crippen molar-refractivity contribution in [2.75, 3.05) is 39.9 Å². The zero-order valence-corrected chi connectivity index (χ0v) is 35.6. The van der Waals surface area contributed by atoms with E-state index < -0.39 is 46.0 Å². The Kier molecular flexibility index (Phi) is 23.5. The van der Waals surface area contributed by atoms with Crippen molar-refractivity contribution in [1.29, 1.82) is 0 Å². The van der Waals surface area contributed by atoms with E-state index in [4.69, 9.17) is 32.1 Å². The van der Waals surface area contributed by atoms with Gasteiger partial charge in [-0.05, 0) is 69.4 Å². The molecular weight excluding hydrogens is 768 g/mol. The fourth-order valence-electron chi connectivity index (χ4n) is 5.49. The Balaban J connectivity index is 2.18. The Bertz CT molecular complexity index is 1540. The number of carbonyl (C=O) groups excluding carboxylic acids is 3. The number of hydroxylamine groups is 2. The van der Waals surface area contributed by atoms with Crippen LogP contribution in [0.25, 0.3) is 11.3 Å². The molecule has 16 nitrogen and oxygen atoms in total. The van der Waals surface area contributed by atoms with Gasteiger partial charge >= 0.3 is 15.4 Å². The lowest BCUT2D eigenvalue weighted by molar-refractivity contribution is -0.221. The number of phosphoric ester groups is 1. The topological polar surface area (TPSA) is 201 Å². The van der Waals surface area contributed by atoms with E-state index >= 15 is 0 Å². The van der Waals surface area contributed by atoms with E-state index in [0.717, 1.165) is 37.2 Å². The Morgan fingerprint density at radius 2 is 1.48 bits per heavy atom.